The number of thiophene rings is 2. The molecule has 1 aliphatic rings. The first kappa shape index (κ1) is 54.7. The van der Waals surface area contributed by atoms with E-state index in [2.05, 4.69) is 263 Å². The van der Waals surface area contributed by atoms with Gasteiger partial charge >= 0.3 is 0 Å². The number of hydrogen-bond donors (Lipinski definition) is 0. The van der Waals surface area contributed by atoms with Gasteiger partial charge in [0, 0.05) is 78.8 Å². The highest BCUT2D eigenvalue weighted by Gasteiger charge is 2.24. The number of nitrogens with zero attached hydrogens (tertiary/aromatic N) is 5. The highest BCUT2D eigenvalue weighted by Crippen LogP contribution is 2.47. The predicted molar refractivity (Wildman–Crippen MR) is 396 cm³/mol. The average Bonchev–Trinajstić information content (AvgIpc) is 1.57. The minimum Gasteiger partial charge on any atom is -0.277 e. The molecule has 0 spiro atoms. The van der Waals surface area contributed by atoms with Crippen molar-refractivity contribution in [3.63, 3.8) is 0 Å². The topological polar surface area (TPSA) is 56.5 Å². The third-order valence-corrected chi connectivity index (χ3v) is 20.7. The van der Waals surface area contributed by atoms with E-state index in [9.17, 15) is 0 Å². The van der Waals surface area contributed by atoms with Gasteiger partial charge in [-0.2, -0.15) is 0 Å². The fourth-order valence-corrected chi connectivity index (χ4v) is 16.3. The maximum absolute atomic E-state index is 6.15. The first-order valence-corrected chi connectivity index (χ1v) is 33.2. The van der Waals surface area contributed by atoms with Gasteiger partial charge in [0.05, 0.1) is 33.8 Å². The Morgan fingerprint density at radius 2 is 0.753 bits per heavy atom. The molecule has 0 unspecified atom stereocenters. The van der Waals surface area contributed by atoms with Crippen LogP contribution in [0.5, 0.6) is 0 Å². The molecule has 0 fully saturated rings. The van der Waals surface area contributed by atoms with E-state index < -0.39 is 0 Å². The first-order valence-electron chi connectivity index (χ1n) is 31.2. The molecule has 14 aromatic carbocycles. The van der Waals surface area contributed by atoms with Gasteiger partial charge in [0.2, 0.25) is 11.2 Å². The van der Waals surface area contributed by atoms with Crippen LogP contribution in [0.2, 0.25) is 5.28 Å². The quantitative estimate of drug-likeness (QED) is 0.161. The summed E-state index contributed by atoms with van der Waals surface area (Å²) in [5, 5.41) is 18.0. The Kier molecular flexibility index (Phi) is 13.3. The molecule has 8 heteroatoms. The molecule has 0 atom stereocenters. The van der Waals surface area contributed by atoms with Gasteiger partial charge in [0.15, 0.2) is 0 Å². The third kappa shape index (κ3) is 9.76. The van der Waals surface area contributed by atoms with E-state index in [1.807, 2.05) is 77.3 Å². The zero-order valence-corrected chi connectivity index (χ0v) is 52.4. The van der Waals surface area contributed by atoms with Gasteiger partial charge in [-0.1, -0.05) is 243 Å². The SMILES string of the molecule is Clc1nc(-c2ccccc2)cc(-c2ccc3ccccc3c2)n1.c1ccc(-c2cc(-c3ccc4ccccc4c3)nc(-n3c4cc5sc6ccccc6c5cc4c4ccc5ccccc5c43)n2)cc1.c1ccc2c3c(ccc2c1)-c1cc2c(cc1C3)sc1ccccc12. The predicted octanol–water partition coefficient (Wildman–Crippen LogP) is 24.0. The van der Waals surface area contributed by atoms with E-state index in [4.69, 9.17) is 21.6 Å². The molecular formula is C85H52ClN5S2. The lowest BCUT2D eigenvalue weighted by atomic mass is 9.99. The van der Waals surface area contributed by atoms with E-state index in [1.165, 1.54) is 116 Å². The summed E-state index contributed by atoms with van der Waals surface area (Å²) in [6.45, 7) is 0. The van der Waals surface area contributed by atoms with Crippen molar-refractivity contribution < 1.29 is 0 Å². The standard InChI is InChI=1S/C42H25N3S.C23H14S.C20H13ClN2/c1-2-12-28(13-3-1)36-24-37(30-19-18-26-10-4-5-14-29(26)22-30)44-42(43-36)45-38-25-40-35(32-16-8-9-17-39(32)46-40)23-34(38)33-21-20-27-11-6-7-15-31(27)41(33)45;1-2-6-16-14(5-1)9-10-17-19-13-21-18-7-3-4-8-22(18)24-23(21)12-15(19)11-20(16)17;21-20-22-18(15-7-2-1-3-8-15)13-19(23-20)17-11-10-14-6-4-5-9-16(14)12-17/h1-25H;1-10,12-13H,11H2;1-13H. The second-order valence-corrected chi connectivity index (χ2v) is 26.3. The molecule has 5 heterocycles. The van der Waals surface area contributed by atoms with Crippen molar-refractivity contribution in [1.29, 1.82) is 0 Å². The molecule has 20 rings (SSSR count). The number of aromatic nitrogens is 5. The molecule has 0 bridgehead atoms. The van der Waals surface area contributed by atoms with Crippen LogP contribution in [0.1, 0.15) is 11.1 Å². The maximum atomic E-state index is 6.15. The summed E-state index contributed by atoms with van der Waals surface area (Å²) in [4.78, 5) is 19.4. The van der Waals surface area contributed by atoms with E-state index in [0.29, 0.717) is 5.95 Å². The van der Waals surface area contributed by atoms with Crippen LogP contribution in [0.4, 0.5) is 0 Å². The normalized spacial score (nSPS) is 11.9. The highest BCUT2D eigenvalue weighted by atomic mass is 35.5. The van der Waals surface area contributed by atoms with Gasteiger partial charge in [0.25, 0.3) is 0 Å². The Labute approximate surface area is 548 Å². The monoisotopic (exact) mass is 1240 g/mol. The van der Waals surface area contributed by atoms with Gasteiger partial charge in [-0.25, -0.2) is 19.9 Å². The van der Waals surface area contributed by atoms with Crippen molar-refractivity contribution in [2.24, 2.45) is 0 Å². The zero-order chi connectivity index (χ0) is 61.5. The van der Waals surface area contributed by atoms with Crippen molar-refractivity contribution in [1.82, 2.24) is 24.5 Å². The molecule has 0 radical (unpaired) electrons. The lowest BCUT2D eigenvalue weighted by Crippen LogP contribution is -2.04. The summed E-state index contributed by atoms with van der Waals surface area (Å²) in [7, 11) is 0. The molecule has 5 nitrogen and oxygen atoms in total. The van der Waals surface area contributed by atoms with E-state index in [-0.39, 0.29) is 5.28 Å². The summed E-state index contributed by atoms with van der Waals surface area (Å²) < 4.78 is 7.65. The molecule has 0 amide bonds. The Hall–Kier alpha value is -11.2. The Morgan fingerprint density at radius 1 is 0.290 bits per heavy atom. The summed E-state index contributed by atoms with van der Waals surface area (Å²) >= 11 is 9.90. The number of hydrogen-bond acceptors (Lipinski definition) is 6. The van der Waals surface area contributed by atoms with Crippen LogP contribution in [-0.4, -0.2) is 24.5 Å². The fourth-order valence-electron chi connectivity index (χ4n) is 13.8. The summed E-state index contributed by atoms with van der Waals surface area (Å²) in [6, 6.07) is 108. The van der Waals surface area contributed by atoms with Gasteiger partial charge in [-0.05, 0) is 139 Å². The van der Waals surface area contributed by atoms with Crippen LogP contribution in [0.25, 0.3) is 167 Å². The molecular weight excluding hydrogens is 1190 g/mol. The first-order chi connectivity index (χ1) is 46.0. The largest absolute Gasteiger partial charge is 0.277 e. The van der Waals surface area contributed by atoms with Crippen LogP contribution < -0.4 is 0 Å². The molecule has 5 aromatic heterocycles. The van der Waals surface area contributed by atoms with Gasteiger partial charge in [0.1, 0.15) is 0 Å². The fraction of sp³-hybridized carbons (Fsp3) is 0.0118. The van der Waals surface area contributed by atoms with Crippen LogP contribution in [0.15, 0.2) is 303 Å². The van der Waals surface area contributed by atoms with Crippen LogP contribution in [0.3, 0.4) is 0 Å². The lowest BCUT2D eigenvalue weighted by molar-refractivity contribution is 0.999. The minimum atomic E-state index is 0.259. The second kappa shape index (κ2) is 22.6. The second-order valence-electron chi connectivity index (χ2n) is 23.8. The minimum absolute atomic E-state index is 0.259. The maximum Gasteiger partial charge on any atom is 0.235 e. The lowest BCUT2D eigenvalue weighted by Gasteiger charge is -2.13. The third-order valence-electron chi connectivity index (χ3n) is 18.3. The molecule has 19 aromatic rings. The van der Waals surface area contributed by atoms with Gasteiger partial charge in [-0.3, -0.25) is 4.57 Å². The molecule has 436 valence electrons. The average molecular weight is 1240 g/mol. The van der Waals surface area contributed by atoms with E-state index in [1.54, 1.807) is 0 Å². The van der Waals surface area contributed by atoms with Crippen LogP contribution in [0, 0.1) is 0 Å². The zero-order valence-electron chi connectivity index (χ0n) is 50.0. The summed E-state index contributed by atoms with van der Waals surface area (Å²) in [5.41, 5.74) is 15.7. The Balaban J connectivity index is 0.000000114. The smallest absolute Gasteiger partial charge is 0.235 e. The summed E-state index contributed by atoms with van der Waals surface area (Å²) in [5.74, 6) is 0.668. The number of halogens is 1. The van der Waals surface area contributed by atoms with Gasteiger partial charge in [-0.15, -0.1) is 22.7 Å². The molecule has 0 saturated carbocycles. The van der Waals surface area contributed by atoms with Crippen molar-refractivity contribution in [3.05, 3.63) is 320 Å². The van der Waals surface area contributed by atoms with E-state index in [0.717, 1.165) is 62.5 Å². The van der Waals surface area contributed by atoms with Crippen LogP contribution in [-0.2, 0) is 6.42 Å². The molecule has 93 heavy (non-hydrogen) atoms. The van der Waals surface area contributed by atoms with Gasteiger partial charge < -0.3 is 0 Å². The van der Waals surface area contributed by atoms with Crippen molar-refractivity contribution in [2.45, 2.75) is 6.42 Å². The number of rotatable bonds is 5. The molecule has 0 saturated heterocycles. The molecule has 0 aliphatic heterocycles. The van der Waals surface area contributed by atoms with Crippen molar-refractivity contribution in [3.8, 4) is 62.1 Å². The van der Waals surface area contributed by atoms with Crippen LogP contribution >= 0.6 is 34.3 Å². The van der Waals surface area contributed by atoms with Crippen molar-refractivity contribution >= 4 is 140 Å². The summed E-state index contributed by atoms with van der Waals surface area (Å²) in [6.07, 6.45) is 1.05. The van der Waals surface area contributed by atoms with E-state index >= 15 is 0 Å². The van der Waals surface area contributed by atoms with Crippen molar-refractivity contribution in [2.75, 3.05) is 0 Å². The highest BCUT2D eigenvalue weighted by molar-refractivity contribution is 7.26. The molecule has 1 aliphatic carbocycles. The Bertz CT molecular complexity index is 6190. The Morgan fingerprint density at radius 3 is 1.38 bits per heavy atom. The molecule has 0 N–H and O–H groups in total. The number of fused-ring (bicyclic) bond motifs is 18. The number of benzene rings is 14.